The van der Waals surface area contributed by atoms with Crippen molar-refractivity contribution < 1.29 is 9.76 Å². The summed E-state index contributed by atoms with van der Waals surface area (Å²) in [6, 6.07) is 0. The molecular weight excluding hydrogens is 103 g/mol. The molecule has 0 fully saturated rings. The fourth-order valence-electron chi connectivity index (χ4n) is 0.372. The van der Waals surface area contributed by atoms with Gasteiger partial charge in [0.05, 0.1) is 0 Å². The summed E-state index contributed by atoms with van der Waals surface area (Å²) >= 11 is 0. The zero-order valence-corrected chi connectivity index (χ0v) is 5.55. The Morgan fingerprint density at radius 1 is 1.75 bits per heavy atom. The van der Waals surface area contributed by atoms with Gasteiger partial charge < -0.3 is 9.76 Å². The van der Waals surface area contributed by atoms with Gasteiger partial charge in [-0.3, -0.25) is 0 Å². The number of hydrogen-bond donors (Lipinski definition) is 1. The summed E-state index contributed by atoms with van der Waals surface area (Å²) in [4.78, 5) is 0. The van der Waals surface area contributed by atoms with Gasteiger partial charge in [-0.05, 0) is 0 Å². The third-order valence-electron chi connectivity index (χ3n) is 0.918. The van der Waals surface area contributed by atoms with Crippen LogP contribution in [0.15, 0.2) is 0 Å². The molecule has 0 heterocycles. The number of hydrogen-bond acceptors (Lipinski definition) is 2. The van der Waals surface area contributed by atoms with Crippen LogP contribution in [0.3, 0.4) is 0 Å². The van der Waals surface area contributed by atoms with Gasteiger partial charge in [0.25, 0.3) is 7.48 Å². The average molecular weight is 116 g/mol. The second kappa shape index (κ2) is 5.13. The lowest BCUT2D eigenvalue weighted by molar-refractivity contribution is 0.179. The van der Waals surface area contributed by atoms with Crippen LogP contribution in [0.2, 0.25) is 6.82 Å². The summed E-state index contributed by atoms with van der Waals surface area (Å²) in [6.45, 7) is 4.80. The van der Waals surface area contributed by atoms with Crippen molar-refractivity contribution in [2.24, 2.45) is 5.92 Å². The van der Waals surface area contributed by atoms with Crippen LogP contribution >= 0.6 is 0 Å². The van der Waals surface area contributed by atoms with Crippen LogP contribution in [0.25, 0.3) is 0 Å². The summed E-state index contributed by atoms with van der Waals surface area (Å²) in [5.41, 5.74) is 0. The summed E-state index contributed by atoms with van der Waals surface area (Å²) in [6.07, 6.45) is 0. The van der Waals surface area contributed by atoms with E-state index < -0.39 is 0 Å². The summed E-state index contributed by atoms with van der Waals surface area (Å²) in [7, 11) is 0.740. The zero-order valence-electron chi connectivity index (χ0n) is 5.55. The molecule has 0 aromatic rings. The number of aliphatic hydroxyl groups is 1. The molecule has 0 aliphatic rings. The monoisotopic (exact) mass is 116 g/mol. The second-order valence-electron chi connectivity index (χ2n) is 1.95. The van der Waals surface area contributed by atoms with E-state index in [2.05, 4.69) is 0 Å². The molecule has 1 unspecified atom stereocenters. The van der Waals surface area contributed by atoms with Gasteiger partial charge in [0.15, 0.2) is 0 Å². The Labute approximate surface area is 51.1 Å². The van der Waals surface area contributed by atoms with Crippen LogP contribution < -0.4 is 0 Å². The molecule has 0 bridgehead atoms. The highest BCUT2D eigenvalue weighted by Gasteiger charge is 1.96. The lowest BCUT2D eigenvalue weighted by atomic mass is 10.1. The highest BCUT2D eigenvalue weighted by Crippen LogP contribution is 1.90. The van der Waals surface area contributed by atoms with E-state index in [0.29, 0.717) is 6.61 Å². The van der Waals surface area contributed by atoms with E-state index in [1.807, 2.05) is 13.7 Å². The van der Waals surface area contributed by atoms with Gasteiger partial charge in [-0.25, -0.2) is 0 Å². The zero-order chi connectivity index (χ0) is 6.41. The predicted octanol–water partition coefficient (Wildman–Crippen LogP) is 0.0310. The van der Waals surface area contributed by atoms with E-state index in [1.165, 1.54) is 0 Å². The quantitative estimate of drug-likeness (QED) is 0.525. The molecule has 0 aliphatic carbocycles. The summed E-state index contributed by atoms with van der Waals surface area (Å²) < 4.78 is 5.03. The average Bonchev–Trinajstić information content (AvgIpc) is 1.83. The Balaban J connectivity index is 2.86. The SMILES string of the molecule is CBOCC(C)CO. The third-order valence-corrected chi connectivity index (χ3v) is 0.918. The largest absolute Gasteiger partial charge is 0.439 e. The molecule has 0 aromatic heterocycles. The van der Waals surface area contributed by atoms with E-state index in [0.717, 1.165) is 7.48 Å². The van der Waals surface area contributed by atoms with E-state index in [1.54, 1.807) is 0 Å². The Kier molecular flexibility index (Phi) is 5.12. The Morgan fingerprint density at radius 3 is 2.75 bits per heavy atom. The maximum absolute atomic E-state index is 8.48. The Hall–Kier alpha value is -0.0151. The maximum atomic E-state index is 8.48. The second-order valence-corrected chi connectivity index (χ2v) is 1.95. The lowest BCUT2D eigenvalue weighted by Gasteiger charge is -2.05. The number of rotatable bonds is 4. The molecule has 3 heteroatoms. The Bertz CT molecular complexity index is 49.7. The van der Waals surface area contributed by atoms with Crippen molar-refractivity contribution in [1.82, 2.24) is 0 Å². The molecule has 0 radical (unpaired) electrons. The highest BCUT2D eigenvalue weighted by molar-refractivity contribution is 6.24. The topological polar surface area (TPSA) is 29.5 Å². The molecule has 2 nitrogen and oxygen atoms in total. The van der Waals surface area contributed by atoms with Crippen molar-refractivity contribution in [2.75, 3.05) is 13.2 Å². The molecule has 0 aliphatic heterocycles. The molecule has 0 aromatic carbocycles. The first-order valence-electron chi connectivity index (χ1n) is 2.99. The van der Waals surface area contributed by atoms with Gasteiger partial charge in [-0.15, -0.1) is 0 Å². The molecule has 48 valence electrons. The van der Waals surface area contributed by atoms with Gasteiger partial charge >= 0.3 is 0 Å². The van der Waals surface area contributed by atoms with Crippen LogP contribution in [0, 0.1) is 5.92 Å². The maximum Gasteiger partial charge on any atom is 0.271 e. The standard InChI is InChI=1S/C5H13BO2/c1-5(3-7)4-8-6-2/h5-7H,3-4H2,1-2H3. The minimum Gasteiger partial charge on any atom is -0.439 e. The highest BCUT2D eigenvalue weighted by atomic mass is 16.4. The van der Waals surface area contributed by atoms with Crippen molar-refractivity contribution in [1.29, 1.82) is 0 Å². The molecule has 0 spiro atoms. The molecule has 8 heavy (non-hydrogen) atoms. The molecule has 0 saturated carbocycles. The minimum absolute atomic E-state index is 0.222. The smallest absolute Gasteiger partial charge is 0.271 e. The van der Waals surface area contributed by atoms with E-state index >= 15 is 0 Å². The predicted molar refractivity (Wildman–Crippen MR) is 35.2 cm³/mol. The van der Waals surface area contributed by atoms with Gasteiger partial charge in [-0.2, -0.15) is 0 Å². The molecule has 0 saturated heterocycles. The van der Waals surface area contributed by atoms with E-state index in [-0.39, 0.29) is 12.5 Å². The normalized spacial score (nSPS) is 13.4. The summed E-state index contributed by atoms with van der Waals surface area (Å²) in [5, 5.41) is 8.48. The first-order chi connectivity index (χ1) is 3.81. The van der Waals surface area contributed by atoms with Crippen molar-refractivity contribution in [3.63, 3.8) is 0 Å². The van der Waals surface area contributed by atoms with Gasteiger partial charge in [0.2, 0.25) is 0 Å². The molecule has 1 atom stereocenters. The van der Waals surface area contributed by atoms with Crippen LogP contribution in [0.4, 0.5) is 0 Å². The van der Waals surface area contributed by atoms with E-state index in [9.17, 15) is 0 Å². The summed E-state index contributed by atoms with van der Waals surface area (Å²) in [5.74, 6) is 0.287. The Morgan fingerprint density at radius 2 is 2.38 bits per heavy atom. The van der Waals surface area contributed by atoms with Crippen molar-refractivity contribution in [2.45, 2.75) is 13.7 Å². The van der Waals surface area contributed by atoms with Crippen LogP contribution in [0.5, 0.6) is 0 Å². The third kappa shape index (κ3) is 4.15. The lowest BCUT2D eigenvalue weighted by Crippen LogP contribution is -2.10. The fourth-order valence-corrected chi connectivity index (χ4v) is 0.372. The molecular formula is C5H13BO2. The molecule has 0 rings (SSSR count). The minimum atomic E-state index is 0.222. The van der Waals surface area contributed by atoms with Gasteiger partial charge in [0, 0.05) is 19.1 Å². The van der Waals surface area contributed by atoms with Crippen LogP contribution in [0.1, 0.15) is 6.92 Å². The van der Waals surface area contributed by atoms with E-state index in [4.69, 9.17) is 9.76 Å². The first kappa shape index (κ1) is 7.98. The van der Waals surface area contributed by atoms with Crippen molar-refractivity contribution in [3.05, 3.63) is 0 Å². The fraction of sp³-hybridized carbons (Fsp3) is 1.00. The van der Waals surface area contributed by atoms with Gasteiger partial charge in [-0.1, -0.05) is 13.7 Å². The first-order valence-corrected chi connectivity index (χ1v) is 2.99. The number of aliphatic hydroxyl groups excluding tert-OH is 1. The van der Waals surface area contributed by atoms with Gasteiger partial charge in [0.1, 0.15) is 0 Å². The van der Waals surface area contributed by atoms with Crippen molar-refractivity contribution >= 4 is 7.48 Å². The van der Waals surface area contributed by atoms with Crippen molar-refractivity contribution in [3.8, 4) is 0 Å². The van der Waals surface area contributed by atoms with Crippen LogP contribution in [-0.2, 0) is 4.65 Å². The van der Waals surface area contributed by atoms with Crippen LogP contribution in [-0.4, -0.2) is 25.8 Å². The molecule has 0 amide bonds. The molecule has 1 N–H and O–H groups in total.